The maximum atomic E-state index is 9.45. The molecule has 0 saturated heterocycles. The van der Waals surface area contributed by atoms with Crippen LogP contribution >= 0.6 is 0 Å². The zero-order valence-electron chi connectivity index (χ0n) is 13.8. The topological polar surface area (TPSA) is 68.9 Å². The molecule has 0 amide bonds. The molecule has 1 fully saturated rings. The van der Waals surface area contributed by atoms with Crippen molar-refractivity contribution in [3.8, 4) is 6.07 Å². The molecule has 2 aromatic rings. The quantitative estimate of drug-likeness (QED) is 0.884. The molecule has 1 aromatic carbocycles. The third kappa shape index (κ3) is 2.89. The van der Waals surface area contributed by atoms with Gasteiger partial charge in [-0.15, -0.1) is 0 Å². The molecule has 1 aliphatic rings. The molecule has 120 valence electrons. The predicted octanol–water partition coefficient (Wildman–Crippen LogP) is 3.69. The third-order valence-electron chi connectivity index (χ3n) is 5.12. The van der Waals surface area contributed by atoms with Gasteiger partial charge in [0.1, 0.15) is 6.07 Å². The van der Waals surface area contributed by atoms with Crippen LogP contribution in [-0.2, 0) is 0 Å². The highest BCUT2D eigenvalue weighted by molar-refractivity contribution is 5.96. The Morgan fingerprint density at radius 1 is 1.35 bits per heavy atom. The average Bonchev–Trinajstić information content (AvgIpc) is 2.49. The Morgan fingerprint density at radius 3 is 2.74 bits per heavy atom. The van der Waals surface area contributed by atoms with Crippen molar-refractivity contribution in [2.45, 2.75) is 39.5 Å². The number of aliphatic hydroxyl groups is 1. The monoisotopic (exact) mass is 309 g/mol. The van der Waals surface area contributed by atoms with Crippen molar-refractivity contribution in [1.82, 2.24) is 4.98 Å². The van der Waals surface area contributed by atoms with E-state index in [1.165, 1.54) is 12.0 Å². The largest absolute Gasteiger partial charge is 0.396 e. The highest BCUT2D eigenvalue weighted by atomic mass is 16.3. The molecule has 0 unspecified atom stereocenters. The summed E-state index contributed by atoms with van der Waals surface area (Å²) in [6.07, 6.45) is 5.99. The molecule has 1 aromatic heterocycles. The summed E-state index contributed by atoms with van der Waals surface area (Å²) in [5.74, 6) is 0. The fourth-order valence-electron chi connectivity index (χ4n) is 3.64. The fourth-order valence-corrected chi connectivity index (χ4v) is 3.64. The van der Waals surface area contributed by atoms with Crippen LogP contribution in [0.25, 0.3) is 10.9 Å². The van der Waals surface area contributed by atoms with Gasteiger partial charge < -0.3 is 10.4 Å². The number of aryl methyl sites for hydroxylation is 2. The zero-order chi connectivity index (χ0) is 16.4. The van der Waals surface area contributed by atoms with E-state index in [1.807, 2.05) is 0 Å². The summed E-state index contributed by atoms with van der Waals surface area (Å²) in [5, 5.41) is 23.3. The number of anilines is 1. The lowest BCUT2D eigenvalue weighted by Gasteiger charge is -2.42. The molecular formula is C19H23N3O. The molecule has 2 N–H and O–H groups in total. The van der Waals surface area contributed by atoms with Crippen molar-refractivity contribution in [2.75, 3.05) is 18.5 Å². The zero-order valence-corrected chi connectivity index (χ0v) is 13.8. The van der Waals surface area contributed by atoms with E-state index >= 15 is 0 Å². The van der Waals surface area contributed by atoms with Gasteiger partial charge >= 0.3 is 0 Å². The van der Waals surface area contributed by atoms with Crippen molar-refractivity contribution in [2.24, 2.45) is 5.41 Å². The molecule has 0 atom stereocenters. The molecule has 1 heterocycles. The first kappa shape index (κ1) is 15.8. The Hall–Kier alpha value is -2.12. The minimum atomic E-state index is 0.177. The number of fused-ring (bicyclic) bond motifs is 1. The van der Waals surface area contributed by atoms with Crippen molar-refractivity contribution in [3.05, 3.63) is 35.0 Å². The smallest absolute Gasteiger partial charge is 0.103 e. The number of aromatic nitrogens is 1. The molecule has 3 rings (SSSR count). The number of hydrogen-bond donors (Lipinski definition) is 2. The molecule has 0 aliphatic heterocycles. The summed E-state index contributed by atoms with van der Waals surface area (Å²) in [5.41, 5.74) is 4.89. The number of pyridine rings is 1. The van der Waals surface area contributed by atoms with E-state index in [2.05, 4.69) is 42.4 Å². The first-order valence-corrected chi connectivity index (χ1v) is 8.23. The maximum absolute atomic E-state index is 9.45. The van der Waals surface area contributed by atoms with Gasteiger partial charge in [-0.1, -0.05) is 18.1 Å². The van der Waals surface area contributed by atoms with Crippen molar-refractivity contribution in [3.63, 3.8) is 0 Å². The Bertz CT molecular complexity index is 772. The fraction of sp³-hybridized carbons (Fsp3) is 0.474. The van der Waals surface area contributed by atoms with Crippen LogP contribution in [0.2, 0.25) is 0 Å². The van der Waals surface area contributed by atoms with Gasteiger partial charge in [0, 0.05) is 24.7 Å². The molecular weight excluding hydrogens is 286 g/mol. The lowest BCUT2D eigenvalue weighted by atomic mass is 9.66. The highest BCUT2D eigenvalue weighted by Crippen LogP contribution is 2.44. The average molecular weight is 309 g/mol. The lowest BCUT2D eigenvalue weighted by molar-refractivity contribution is 0.102. The van der Waals surface area contributed by atoms with Crippen LogP contribution in [0.3, 0.4) is 0 Å². The van der Waals surface area contributed by atoms with E-state index in [4.69, 9.17) is 0 Å². The predicted molar refractivity (Wildman–Crippen MR) is 92.4 cm³/mol. The second-order valence-corrected chi connectivity index (χ2v) is 6.82. The molecule has 23 heavy (non-hydrogen) atoms. The number of benzene rings is 1. The van der Waals surface area contributed by atoms with Crippen LogP contribution in [0.5, 0.6) is 0 Å². The summed E-state index contributed by atoms with van der Waals surface area (Å²) < 4.78 is 0. The third-order valence-corrected chi connectivity index (χ3v) is 5.12. The van der Waals surface area contributed by atoms with Gasteiger partial charge in [0.15, 0.2) is 0 Å². The van der Waals surface area contributed by atoms with E-state index < -0.39 is 0 Å². The van der Waals surface area contributed by atoms with E-state index in [9.17, 15) is 10.4 Å². The Kier molecular flexibility index (Phi) is 4.23. The second-order valence-electron chi connectivity index (χ2n) is 6.82. The number of nitrogens with one attached hydrogen (secondary N) is 1. The van der Waals surface area contributed by atoms with Crippen molar-refractivity contribution >= 4 is 16.6 Å². The summed E-state index contributed by atoms with van der Waals surface area (Å²) in [4.78, 5) is 4.47. The minimum Gasteiger partial charge on any atom is -0.396 e. The van der Waals surface area contributed by atoms with Gasteiger partial charge in [-0.05, 0) is 50.2 Å². The number of rotatable bonds is 5. The highest BCUT2D eigenvalue weighted by Gasteiger charge is 2.36. The summed E-state index contributed by atoms with van der Waals surface area (Å²) in [6.45, 7) is 5.14. The Morgan fingerprint density at radius 2 is 2.13 bits per heavy atom. The summed E-state index contributed by atoms with van der Waals surface area (Å²) in [7, 11) is 0. The van der Waals surface area contributed by atoms with Crippen LogP contribution in [-0.4, -0.2) is 23.2 Å². The summed E-state index contributed by atoms with van der Waals surface area (Å²) >= 11 is 0. The van der Waals surface area contributed by atoms with Crippen LogP contribution in [0.4, 0.5) is 5.69 Å². The Balaban J connectivity index is 2.00. The molecule has 4 heteroatoms. The van der Waals surface area contributed by atoms with Gasteiger partial charge in [-0.3, -0.25) is 4.98 Å². The van der Waals surface area contributed by atoms with Crippen molar-refractivity contribution < 1.29 is 5.11 Å². The Labute approximate surface area is 137 Å². The van der Waals surface area contributed by atoms with Crippen LogP contribution in [0.1, 0.15) is 42.4 Å². The molecule has 0 radical (unpaired) electrons. The molecule has 1 aliphatic carbocycles. The van der Waals surface area contributed by atoms with Crippen LogP contribution in [0, 0.1) is 30.6 Å². The van der Waals surface area contributed by atoms with Gasteiger partial charge in [-0.25, -0.2) is 0 Å². The first-order chi connectivity index (χ1) is 11.1. The SMILES string of the molecule is Cc1cc(C)c2ncc(C#N)c(NCC3(CCO)CCC3)c2c1. The molecule has 1 saturated carbocycles. The normalized spacial score (nSPS) is 15.9. The number of hydrogen-bond acceptors (Lipinski definition) is 4. The maximum Gasteiger partial charge on any atom is 0.103 e. The van der Waals surface area contributed by atoms with E-state index in [0.29, 0.717) is 5.56 Å². The molecule has 4 nitrogen and oxygen atoms in total. The standard InChI is InChI=1S/C19H23N3O/c1-13-8-14(2)17-16(9-13)18(15(10-20)11-21-17)22-12-19(6-7-23)4-3-5-19/h8-9,11,23H,3-7,12H2,1-2H3,(H,21,22). The number of nitrogens with zero attached hydrogens (tertiary/aromatic N) is 2. The number of aliphatic hydroxyl groups excluding tert-OH is 1. The van der Waals surface area contributed by atoms with Gasteiger partial charge in [0.25, 0.3) is 0 Å². The van der Waals surface area contributed by atoms with E-state index in [1.54, 1.807) is 6.20 Å². The molecule has 0 spiro atoms. The van der Waals surface area contributed by atoms with E-state index in [-0.39, 0.29) is 12.0 Å². The second kappa shape index (κ2) is 6.17. The summed E-state index contributed by atoms with van der Waals surface area (Å²) in [6, 6.07) is 6.47. The lowest BCUT2D eigenvalue weighted by Crippen LogP contribution is -2.37. The minimum absolute atomic E-state index is 0.177. The van der Waals surface area contributed by atoms with Crippen LogP contribution in [0.15, 0.2) is 18.3 Å². The number of nitriles is 1. The van der Waals surface area contributed by atoms with Gasteiger partial charge in [-0.2, -0.15) is 5.26 Å². The van der Waals surface area contributed by atoms with Crippen molar-refractivity contribution in [1.29, 1.82) is 5.26 Å². The first-order valence-electron chi connectivity index (χ1n) is 8.23. The molecule has 0 bridgehead atoms. The van der Waals surface area contributed by atoms with Gasteiger partial charge in [0.2, 0.25) is 0 Å². The van der Waals surface area contributed by atoms with Crippen LogP contribution < -0.4 is 5.32 Å². The van der Waals surface area contributed by atoms with Gasteiger partial charge in [0.05, 0.1) is 16.8 Å². The van der Waals surface area contributed by atoms with E-state index in [0.717, 1.165) is 48.0 Å².